The highest BCUT2D eigenvalue weighted by molar-refractivity contribution is 4.82. The average molecular weight is 184 g/mol. The largest absolute Gasteiger partial charge is 0.393 e. The lowest BCUT2D eigenvalue weighted by molar-refractivity contribution is 0.0318. The molecule has 13 heavy (non-hydrogen) atoms. The zero-order valence-electron chi connectivity index (χ0n) is 9.46. The molecular formula is C12H24O. The second kappa shape index (κ2) is 4.45. The van der Waals surface area contributed by atoms with E-state index in [0.29, 0.717) is 11.8 Å². The van der Waals surface area contributed by atoms with E-state index in [9.17, 15) is 5.11 Å². The lowest BCUT2D eigenvalue weighted by Crippen LogP contribution is -2.33. The van der Waals surface area contributed by atoms with Gasteiger partial charge >= 0.3 is 0 Å². The van der Waals surface area contributed by atoms with Gasteiger partial charge in [-0.05, 0) is 42.9 Å². The molecule has 0 saturated heterocycles. The van der Waals surface area contributed by atoms with E-state index in [4.69, 9.17) is 0 Å². The molecule has 0 spiro atoms. The fourth-order valence-corrected chi connectivity index (χ4v) is 2.87. The van der Waals surface area contributed by atoms with Gasteiger partial charge in [0.2, 0.25) is 0 Å². The minimum Gasteiger partial charge on any atom is -0.393 e. The normalized spacial score (nSPS) is 41.1. The van der Waals surface area contributed by atoms with Gasteiger partial charge in [-0.3, -0.25) is 0 Å². The Labute approximate surface area is 82.5 Å². The van der Waals surface area contributed by atoms with Crippen LogP contribution in [0.5, 0.6) is 0 Å². The number of hydrogen-bond donors (Lipinski definition) is 1. The third kappa shape index (κ3) is 2.98. The molecule has 0 aromatic heterocycles. The third-order valence-electron chi connectivity index (χ3n) is 3.49. The van der Waals surface area contributed by atoms with Gasteiger partial charge in [0, 0.05) is 0 Å². The quantitative estimate of drug-likeness (QED) is 0.699. The maximum Gasteiger partial charge on any atom is 0.0545 e. The molecule has 1 heteroatoms. The second-order valence-corrected chi connectivity index (χ2v) is 5.37. The van der Waals surface area contributed by atoms with Crippen molar-refractivity contribution in [3.63, 3.8) is 0 Å². The minimum atomic E-state index is -0.0339. The van der Waals surface area contributed by atoms with E-state index >= 15 is 0 Å². The van der Waals surface area contributed by atoms with Crippen LogP contribution in [0, 0.1) is 23.7 Å². The third-order valence-corrected chi connectivity index (χ3v) is 3.49. The number of rotatable bonds is 2. The summed E-state index contributed by atoms with van der Waals surface area (Å²) in [5, 5.41) is 9.60. The molecular weight excluding hydrogens is 160 g/mol. The molecule has 1 nitrogen and oxygen atoms in total. The lowest BCUT2D eigenvalue weighted by Gasteiger charge is -2.38. The van der Waals surface area contributed by atoms with Crippen molar-refractivity contribution in [3.8, 4) is 0 Å². The fourth-order valence-electron chi connectivity index (χ4n) is 2.87. The molecule has 2 atom stereocenters. The van der Waals surface area contributed by atoms with Crippen LogP contribution in [0.1, 0.15) is 47.0 Å². The molecule has 1 rings (SSSR count). The summed E-state index contributed by atoms with van der Waals surface area (Å²) in [5.41, 5.74) is 0. The van der Waals surface area contributed by atoms with Gasteiger partial charge in [-0.15, -0.1) is 0 Å². The second-order valence-electron chi connectivity index (χ2n) is 5.37. The standard InChI is InChI=1S/C12H24O/c1-8(2)5-12-9(3)6-11(13)7-10(12)4/h8-13H,5-7H2,1-4H3. The van der Waals surface area contributed by atoms with Gasteiger partial charge in [-0.2, -0.15) is 0 Å². The van der Waals surface area contributed by atoms with Crippen molar-refractivity contribution in [2.24, 2.45) is 23.7 Å². The summed E-state index contributed by atoms with van der Waals surface area (Å²) in [5.74, 6) is 3.05. The first-order chi connectivity index (χ1) is 6.00. The predicted octanol–water partition coefficient (Wildman–Crippen LogP) is 3.08. The number of hydrogen-bond acceptors (Lipinski definition) is 1. The van der Waals surface area contributed by atoms with Crippen molar-refractivity contribution < 1.29 is 5.11 Å². The molecule has 1 saturated carbocycles. The molecule has 0 aromatic carbocycles. The van der Waals surface area contributed by atoms with E-state index in [2.05, 4.69) is 27.7 Å². The van der Waals surface area contributed by atoms with Gasteiger partial charge < -0.3 is 5.11 Å². The molecule has 1 fully saturated rings. The Balaban J connectivity index is 2.51. The van der Waals surface area contributed by atoms with Crippen LogP contribution >= 0.6 is 0 Å². The minimum absolute atomic E-state index is 0.0339. The fraction of sp³-hybridized carbons (Fsp3) is 1.00. The smallest absolute Gasteiger partial charge is 0.0545 e. The van der Waals surface area contributed by atoms with Crippen LogP contribution in [0.25, 0.3) is 0 Å². The SMILES string of the molecule is CC(C)CC1C(C)CC(O)CC1C. The molecule has 2 unspecified atom stereocenters. The Kier molecular flexibility index (Phi) is 3.78. The Morgan fingerprint density at radius 3 is 2.00 bits per heavy atom. The van der Waals surface area contributed by atoms with Crippen molar-refractivity contribution >= 4 is 0 Å². The highest BCUT2D eigenvalue weighted by atomic mass is 16.3. The first-order valence-electron chi connectivity index (χ1n) is 5.68. The van der Waals surface area contributed by atoms with E-state index in [1.54, 1.807) is 0 Å². The predicted molar refractivity (Wildman–Crippen MR) is 56.5 cm³/mol. The van der Waals surface area contributed by atoms with Crippen LogP contribution in [0.3, 0.4) is 0 Å². The van der Waals surface area contributed by atoms with Crippen LogP contribution in [0.4, 0.5) is 0 Å². The van der Waals surface area contributed by atoms with Crippen molar-refractivity contribution in [1.29, 1.82) is 0 Å². The Hall–Kier alpha value is -0.0400. The number of aliphatic hydroxyl groups is 1. The van der Waals surface area contributed by atoms with Crippen LogP contribution in [-0.4, -0.2) is 11.2 Å². The van der Waals surface area contributed by atoms with E-state index in [-0.39, 0.29) is 6.10 Å². The summed E-state index contributed by atoms with van der Waals surface area (Å²) in [7, 11) is 0. The van der Waals surface area contributed by atoms with Gasteiger partial charge in [0.25, 0.3) is 0 Å². The molecule has 0 radical (unpaired) electrons. The molecule has 0 heterocycles. The van der Waals surface area contributed by atoms with Crippen LogP contribution in [0.15, 0.2) is 0 Å². The van der Waals surface area contributed by atoms with Crippen molar-refractivity contribution in [2.45, 2.75) is 53.1 Å². The van der Waals surface area contributed by atoms with E-state index < -0.39 is 0 Å². The van der Waals surface area contributed by atoms with Crippen LogP contribution < -0.4 is 0 Å². The molecule has 0 bridgehead atoms. The number of aliphatic hydroxyl groups excluding tert-OH is 1. The van der Waals surface area contributed by atoms with Gasteiger partial charge in [-0.1, -0.05) is 27.7 Å². The summed E-state index contributed by atoms with van der Waals surface area (Å²) < 4.78 is 0. The monoisotopic (exact) mass is 184 g/mol. The van der Waals surface area contributed by atoms with Gasteiger partial charge in [0.05, 0.1) is 6.10 Å². The molecule has 1 N–H and O–H groups in total. The highest BCUT2D eigenvalue weighted by Crippen LogP contribution is 2.38. The molecule has 1 aliphatic rings. The first kappa shape index (κ1) is 11.0. The van der Waals surface area contributed by atoms with Gasteiger partial charge in [0.15, 0.2) is 0 Å². The van der Waals surface area contributed by atoms with E-state index in [1.807, 2.05) is 0 Å². The summed E-state index contributed by atoms with van der Waals surface area (Å²) in [6.07, 6.45) is 3.33. The molecule has 1 aliphatic carbocycles. The zero-order chi connectivity index (χ0) is 10.0. The van der Waals surface area contributed by atoms with Crippen molar-refractivity contribution in [2.75, 3.05) is 0 Å². The van der Waals surface area contributed by atoms with Crippen LogP contribution in [-0.2, 0) is 0 Å². The van der Waals surface area contributed by atoms with E-state index in [1.165, 1.54) is 6.42 Å². The summed E-state index contributed by atoms with van der Waals surface area (Å²) in [6.45, 7) is 9.19. The van der Waals surface area contributed by atoms with Crippen molar-refractivity contribution in [3.05, 3.63) is 0 Å². The maximum absolute atomic E-state index is 9.60. The Morgan fingerprint density at radius 2 is 1.62 bits per heavy atom. The first-order valence-corrected chi connectivity index (χ1v) is 5.68. The van der Waals surface area contributed by atoms with Gasteiger partial charge in [-0.25, -0.2) is 0 Å². The van der Waals surface area contributed by atoms with E-state index in [0.717, 1.165) is 24.7 Å². The van der Waals surface area contributed by atoms with Gasteiger partial charge in [0.1, 0.15) is 0 Å². The summed E-state index contributed by atoms with van der Waals surface area (Å²) in [4.78, 5) is 0. The molecule has 0 amide bonds. The Morgan fingerprint density at radius 1 is 1.15 bits per heavy atom. The Bertz CT molecular complexity index is 141. The molecule has 0 aliphatic heterocycles. The topological polar surface area (TPSA) is 20.2 Å². The maximum atomic E-state index is 9.60. The average Bonchev–Trinajstić information content (AvgIpc) is 1.96. The highest BCUT2D eigenvalue weighted by Gasteiger charge is 2.32. The molecule has 78 valence electrons. The lowest BCUT2D eigenvalue weighted by atomic mass is 9.69. The molecule has 0 aromatic rings. The zero-order valence-corrected chi connectivity index (χ0v) is 9.46. The van der Waals surface area contributed by atoms with Crippen LogP contribution in [0.2, 0.25) is 0 Å². The van der Waals surface area contributed by atoms with Crippen molar-refractivity contribution in [1.82, 2.24) is 0 Å². The summed E-state index contributed by atoms with van der Waals surface area (Å²) >= 11 is 0. The summed E-state index contributed by atoms with van der Waals surface area (Å²) in [6, 6.07) is 0.